The highest BCUT2D eigenvalue weighted by Crippen LogP contribution is 2.18. The van der Waals surface area contributed by atoms with Gasteiger partial charge in [-0.05, 0) is 18.1 Å². The van der Waals surface area contributed by atoms with Crippen LogP contribution in [0.5, 0.6) is 0 Å². The number of carbonyl (C=O) groups excluding carboxylic acids is 2. The molecular weight excluding hydrogens is 360 g/mol. The number of rotatable bonds is 8. The molecule has 1 amide bonds. The molecule has 3 aromatic rings. The van der Waals surface area contributed by atoms with Gasteiger partial charge in [-0.25, -0.2) is 14.8 Å². The fraction of sp³-hybridized carbons (Fsp3) is 0.300. The average Bonchev–Trinajstić information content (AvgIpc) is 3.38. The summed E-state index contributed by atoms with van der Waals surface area (Å²) in [5, 5.41) is 2.68. The van der Waals surface area contributed by atoms with Crippen LogP contribution in [0.1, 0.15) is 24.3 Å². The zero-order valence-electron chi connectivity index (χ0n) is 15.7. The molecule has 8 nitrogen and oxygen atoms in total. The van der Waals surface area contributed by atoms with Gasteiger partial charge >= 0.3 is 5.97 Å². The normalized spacial score (nSPS) is 12.0. The van der Waals surface area contributed by atoms with Gasteiger partial charge in [0, 0.05) is 18.0 Å². The fourth-order valence-corrected chi connectivity index (χ4v) is 2.46. The van der Waals surface area contributed by atoms with Crippen molar-refractivity contribution in [1.29, 1.82) is 0 Å². The third-order valence-corrected chi connectivity index (χ3v) is 3.86. The van der Waals surface area contributed by atoms with Gasteiger partial charge in [0.1, 0.15) is 12.3 Å². The summed E-state index contributed by atoms with van der Waals surface area (Å²) in [4.78, 5) is 33.2. The van der Waals surface area contributed by atoms with Crippen molar-refractivity contribution in [2.24, 2.45) is 5.92 Å². The van der Waals surface area contributed by atoms with Gasteiger partial charge in [-0.1, -0.05) is 32.0 Å². The maximum Gasteiger partial charge on any atom is 0.330 e. The first-order valence-electron chi connectivity index (χ1n) is 8.97. The fourth-order valence-electron chi connectivity index (χ4n) is 2.46. The van der Waals surface area contributed by atoms with Crippen LogP contribution in [0.25, 0.3) is 11.5 Å². The van der Waals surface area contributed by atoms with Gasteiger partial charge in [-0.15, -0.1) is 0 Å². The molecule has 28 heavy (non-hydrogen) atoms. The van der Waals surface area contributed by atoms with E-state index in [0.29, 0.717) is 5.89 Å². The lowest BCUT2D eigenvalue weighted by atomic mass is 10.2. The summed E-state index contributed by atoms with van der Waals surface area (Å²) in [6, 6.07) is 8.37. The molecule has 0 unspecified atom stereocenters. The maximum absolute atomic E-state index is 12.6. The van der Waals surface area contributed by atoms with Crippen molar-refractivity contribution in [3.05, 3.63) is 61.0 Å². The van der Waals surface area contributed by atoms with Crippen LogP contribution >= 0.6 is 0 Å². The second kappa shape index (κ2) is 8.98. The molecule has 3 rings (SSSR count). The Morgan fingerprint density at radius 1 is 1.25 bits per heavy atom. The molecule has 0 saturated heterocycles. The Morgan fingerprint density at radius 3 is 2.71 bits per heavy atom. The Morgan fingerprint density at radius 2 is 2.04 bits per heavy atom. The molecule has 0 radical (unpaired) electrons. The molecule has 0 aliphatic heterocycles. The van der Waals surface area contributed by atoms with Crippen LogP contribution in [0.2, 0.25) is 0 Å². The van der Waals surface area contributed by atoms with E-state index in [1.165, 1.54) is 6.26 Å². The van der Waals surface area contributed by atoms with Crippen LogP contribution in [0.3, 0.4) is 0 Å². The third kappa shape index (κ3) is 5.06. The van der Waals surface area contributed by atoms with E-state index in [1.54, 1.807) is 23.3 Å². The van der Waals surface area contributed by atoms with Gasteiger partial charge in [0.05, 0.1) is 19.5 Å². The highest BCUT2D eigenvalue weighted by molar-refractivity contribution is 5.95. The topological polar surface area (TPSA) is 99.2 Å². The standard InChI is InChI=1S/C20H22N4O4/c1-14(2)11-28-20(26)16(10-24-9-8-21-13-24)22-18(25)17-12-27-19(23-17)15-6-4-3-5-7-15/h3-9,12-14,16H,10-11H2,1-2H3,(H,22,25)/t16-/m0/s1. The number of nitrogens with one attached hydrogen (secondary N) is 1. The largest absolute Gasteiger partial charge is 0.464 e. The molecule has 146 valence electrons. The molecular formula is C20H22N4O4. The molecule has 1 aromatic carbocycles. The maximum atomic E-state index is 12.6. The predicted molar refractivity (Wildman–Crippen MR) is 101 cm³/mol. The predicted octanol–water partition coefficient (Wildman–Crippen LogP) is 2.54. The van der Waals surface area contributed by atoms with E-state index < -0.39 is 17.9 Å². The monoisotopic (exact) mass is 382 g/mol. The summed E-state index contributed by atoms with van der Waals surface area (Å²) in [7, 11) is 0. The number of imidazole rings is 1. The van der Waals surface area contributed by atoms with Crippen LogP contribution in [0.4, 0.5) is 0 Å². The van der Waals surface area contributed by atoms with Crippen LogP contribution in [0.15, 0.2) is 59.7 Å². The van der Waals surface area contributed by atoms with Crippen molar-refractivity contribution in [1.82, 2.24) is 19.9 Å². The van der Waals surface area contributed by atoms with Gasteiger partial charge < -0.3 is 19.0 Å². The van der Waals surface area contributed by atoms with Crippen LogP contribution in [0, 0.1) is 5.92 Å². The Labute approximate surface area is 162 Å². The van der Waals surface area contributed by atoms with Crippen molar-refractivity contribution in [3.63, 3.8) is 0 Å². The van der Waals surface area contributed by atoms with Gasteiger partial charge in [0.15, 0.2) is 5.69 Å². The van der Waals surface area contributed by atoms with Gasteiger partial charge in [-0.2, -0.15) is 0 Å². The number of carbonyl (C=O) groups is 2. The number of amides is 1. The van der Waals surface area contributed by atoms with Crippen LogP contribution in [-0.2, 0) is 16.1 Å². The Balaban J connectivity index is 1.71. The number of hydrogen-bond donors (Lipinski definition) is 1. The Kier molecular flexibility index (Phi) is 6.21. The van der Waals surface area contributed by atoms with E-state index in [-0.39, 0.29) is 24.8 Å². The van der Waals surface area contributed by atoms with Crippen molar-refractivity contribution >= 4 is 11.9 Å². The first kappa shape index (κ1) is 19.3. The molecule has 0 fully saturated rings. The summed E-state index contributed by atoms with van der Waals surface area (Å²) in [5.74, 6) is -0.503. The van der Waals surface area contributed by atoms with E-state index in [4.69, 9.17) is 9.15 Å². The van der Waals surface area contributed by atoms with Crippen molar-refractivity contribution in [2.45, 2.75) is 26.4 Å². The van der Waals surface area contributed by atoms with E-state index in [9.17, 15) is 9.59 Å². The van der Waals surface area contributed by atoms with Gasteiger partial charge in [0.25, 0.3) is 5.91 Å². The minimum Gasteiger partial charge on any atom is -0.464 e. The summed E-state index contributed by atoms with van der Waals surface area (Å²) < 4.78 is 12.4. The summed E-state index contributed by atoms with van der Waals surface area (Å²) in [6.45, 7) is 4.36. The number of aromatic nitrogens is 3. The highest BCUT2D eigenvalue weighted by atomic mass is 16.5. The van der Waals surface area contributed by atoms with Gasteiger partial charge in [-0.3, -0.25) is 4.79 Å². The summed E-state index contributed by atoms with van der Waals surface area (Å²) >= 11 is 0. The molecule has 0 bridgehead atoms. The lowest BCUT2D eigenvalue weighted by molar-refractivity contribution is -0.147. The smallest absolute Gasteiger partial charge is 0.330 e. The van der Waals surface area contributed by atoms with Crippen molar-refractivity contribution in [3.8, 4) is 11.5 Å². The molecule has 0 aliphatic carbocycles. The number of hydrogen-bond acceptors (Lipinski definition) is 6. The lowest BCUT2D eigenvalue weighted by Crippen LogP contribution is -2.45. The number of nitrogens with zero attached hydrogens (tertiary/aromatic N) is 3. The second-order valence-corrected chi connectivity index (χ2v) is 6.71. The molecule has 1 atom stereocenters. The van der Waals surface area contributed by atoms with E-state index >= 15 is 0 Å². The number of esters is 1. The molecule has 0 spiro atoms. The second-order valence-electron chi connectivity index (χ2n) is 6.71. The van der Waals surface area contributed by atoms with E-state index in [1.807, 2.05) is 44.2 Å². The minimum atomic E-state index is -0.877. The van der Waals surface area contributed by atoms with E-state index in [0.717, 1.165) is 5.56 Å². The zero-order chi connectivity index (χ0) is 19.9. The lowest BCUT2D eigenvalue weighted by Gasteiger charge is -2.18. The average molecular weight is 382 g/mol. The SMILES string of the molecule is CC(C)COC(=O)[C@H](Cn1ccnc1)NC(=O)c1coc(-c2ccccc2)n1. The number of benzene rings is 1. The van der Waals surface area contributed by atoms with Crippen LogP contribution in [-0.4, -0.2) is 39.1 Å². The molecule has 1 N–H and O–H groups in total. The quantitative estimate of drug-likeness (QED) is 0.601. The molecule has 2 heterocycles. The van der Waals surface area contributed by atoms with Crippen molar-refractivity contribution in [2.75, 3.05) is 6.61 Å². The Bertz CT molecular complexity index is 903. The van der Waals surface area contributed by atoms with E-state index in [2.05, 4.69) is 15.3 Å². The number of oxazole rings is 1. The van der Waals surface area contributed by atoms with Crippen molar-refractivity contribution < 1.29 is 18.7 Å². The highest BCUT2D eigenvalue weighted by Gasteiger charge is 2.25. The molecule has 8 heteroatoms. The molecule has 0 saturated carbocycles. The minimum absolute atomic E-state index is 0.0890. The summed E-state index contributed by atoms with van der Waals surface area (Å²) in [5.41, 5.74) is 0.846. The molecule has 2 aromatic heterocycles. The zero-order valence-corrected chi connectivity index (χ0v) is 15.7. The van der Waals surface area contributed by atoms with Crippen LogP contribution < -0.4 is 5.32 Å². The number of ether oxygens (including phenoxy) is 1. The molecule has 0 aliphatic rings. The first-order chi connectivity index (χ1) is 13.5. The third-order valence-electron chi connectivity index (χ3n) is 3.86. The Hall–Kier alpha value is -3.42. The first-order valence-corrected chi connectivity index (χ1v) is 8.97. The summed E-state index contributed by atoms with van der Waals surface area (Å²) in [6.07, 6.45) is 6.14. The van der Waals surface area contributed by atoms with Gasteiger partial charge in [0.2, 0.25) is 5.89 Å².